The van der Waals surface area contributed by atoms with E-state index in [2.05, 4.69) is 10.3 Å². The van der Waals surface area contributed by atoms with Crippen molar-refractivity contribution in [3.8, 4) is 22.8 Å². The zero-order valence-corrected chi connectivity index (χ0v) is 19.6. The maximum Gasteiger partial charge on any atom is 0.329 e. The average Bonchev–Trinajstić information content (AvgIpc) is 3.40. The number of thiazole rings is 1. The van der Waals surface area contributed by atoms with Crippen LogP contribution in [0.2, 0.25) is 0 Å². The van der Waals surface area contributed by atoms with E-state index >= 15 is 0 Å². The summed E-state index contributed by atoms with van der Waals surface area (Å²) in [5, 5.41) is 5.22. The molecule has 0 spiro atoms. The Balaban J connectivity index is 1.45. The summed E-state index contributed by atoms with van der Waals surface area (Å²) >= 11 is 1.35. The Morgan fingerprint density at radius 2 is 1.73 bits per heavy atom. The van der Waals surface area contributed by atoms with Gasteiger partial charge in [0.25, 0.3) is 0 Å². The number of rotatable bonds is 9. The lowest BCUT2D eigenvalue weighted by Crippen LogP contribution is -2.26. The number of hydrogen-bond acceptors (Lipinski definition) is 6. The number of nitrogens with zero attached hydrogens (tertiary/aromatic N) is 3. The van der Waals surface area contributed by atoms with Gasteiger partial charge >= 0.3 is 5.69 Å². The molecule has 0 saturated heterocycles. The van der Waals surface area contributed by atoms with Crippen molar-refractivity contribution in [1.82, 2.24) is 14.1 Å². The number of fused-ring (bicyclic) bond motifs is 1. The van der Waals surface area contributed by atoms with Crippen LogP contribution in [0.1, 0.15) is 19.8 Å². The second-order valence-corrected chi connectivity index (χ2v) is 8.34. The molecule has 0 aliphatic carbocycles. The Labute approximate surface area is 195 Å². The van der Waals surface area contributed by atoms with Gasteiger partial charge in [-0.1, -0.05) is 19.1 Å². The summed E-state index contributed by atoms with van der Waals surface area (Å²) in [7, 11) is 3.17. The van der Waals surface area contributed by atoms with Crippen molar-refractivity contribution in [1.29, 1.82) is 0 Å². The van der Waals surface area contributed by atoms with Crippen molar-refractivity contribution >= 4 is 33.4 Å². The molecule has 4 aromatic rings. The molecule has 0 unspecified atom stereocenters. The van der Waals surface area contributed by atoms with Gasteiger partial charge in [0.15, 0.2) is 16.6 Å². The van der Waals surface area contributed by atoms with Gasteiger partial charge in [-0.2, -0.15) is 0 Å². The molecule has 33 heavy (non-hydrogen) atoms. The number of methoxy groups -OCH3 is 2. The minimum absolute atomic E-state index is 0.0872. The molecular weight excluding hydrogens is 440 g/mol. The van der Waals surface area contributed by atoms with E-state index in [-0.39, 0.29) is 18.0 Å². The molecule has 0 radical (unpaired) electrons. The van der Waals surface area contributed by atoms with Crippen LogP contribution in [0.5, 0.6) is 11.5 Å². The van der Waals surface area contributed by atoms with Crippen LogP contribution in [-0.4, -0.2) is 34.2 Å². The van der Waals surface area contributed by atoms with E-state index in [0.29, 0.717) is 29.7 Å². The fourth-order valence-corrected chi connectivity index (χ4v) is 4.52. The summed E-state index contributed by atoms with van der Waals surface area (Å²) in [6, 6.07) is 13.2. The van der Waals surface area contributed by atoms with Gasteiger partial charge in [-0.25, -0.2) is 9.78 Å². The number of aromatic nitrogens is 3. The van der Waals surface area contributed by atoms with Crippen LogP contribution in [0.15, 0.2) is 52.6 Å². The Hall–Kier alpha value is -3.59. The normalized spacial score (nSPS) is 11.0. The summed E-state index contributed by atoms with van der Waals surface area (Å²) in [6.45, 7) is 2.99. The lowest BCUT2D eigenvalue weighted by Gasteiger charge is -2.08. The molecule has 0 aliphatic heterocycles. The molecule has 1 amide bonds. The minimum Gasteiger partial charge on any atom is -0.493 e. The van der Waals surface area contributed by atoms with Gasteiger partial charge in [-0.3, -0.25) is 13.9 Å². The Bertz CT molecular complexity index is 1340. The molecule has 2 heterocycles. The molecule has 0 saturated carbocycles. The van der Waals surface area contributed by atoms with Gasteiger partial charge in [-0.05, 0) is 36.8 Å². The Kier molecular flexibility index (Phi) is 6.79. The van der Waals surface area contributed by atoms with E-state index in [0.717, 1.165) is 28.7 Å². The van der Waals surface area contributed by atoms with Crippen LogP contribution in [0.4, 0.5) is 5.13 Å². The molecule has 0 aliphatic rings. The second-order valence-electron chi connectivity index (χ2n) is 7.48. The molecule has 2 aromatic heterocycles. The molecule has 1 N–H and O–H groups in total. The first kappa shape index (κ1) is 22.6. The highest BCUT2D eigenvalue weighted by atomic mass is 32.1. The van der Waals surface area contributed by atoms with Crippen LogP contribution in [0, 0.1) is 0 Å². The number of anilines is 1. The summed E-state index contributed by atoms with van der Waals surface area (Å²) in [6.07, 6.45) is 1.03. The van der Waals surface area contributed by atoms with Crippen LogP contribution in [0.3, 0.4) is 0 Å². The number of ether oxygens (including phenoxy) is 2. The van der Waals surface area contributed by atoms with Crippen molar-refractivity contribution in [3.63, 3.8) is 0 Å². The minimum atomic E-state index is -0.192. The number of aryl methyl sites for hydroxylation is 2. The molecular formula is C24H26N4O4S. The fourth-order valence-electron chi connectivity index (χ4n) is 3.78. The molecule has 4 rings (SSSR count). The van der Waals surface area contributed by atoms with Gasteiger partial charge in [0, 0.05) is 30.5 Å². The monoisotopic (exact) mass is 466 g/mol. The summed E-state index contributed by atoms with van der Waals surface area (Å²) in [4.78, 5) is 30.0. The quantitative estimate of drug-likeness (QED) is 0.396. The molecule has 0 bridgehead atoms. The van der Waals surface area contributed by atoms with E-state index in [4.69, 9.17) is 9.47 Å². The lowest BCUT2D eigenvalue weighted by molar-refractivity contribution is -0.116. The van der Waals surface area contributed by atoms with Gasteiger partial charge < -0.3 is 14.8 Å². The maximum absolute atomic E-state index is 12.9. The van der Waals surface area contributed by atoms with Gasteiger partial charge in [0.2, 0.25) is 5.91 Å². The third kappa shape index (κ3) is 4.63. The van der Waals surface area contributed by atoms with Crippen LogP contribution in [-0.2, 0) is 17.9 Å². The number of carbonyl (C=O) groups excluding carboxylic acids is 1. The van der Waals surface area contributed by atoms with Crippen LogP contribution < -0.4 is 20.5 Å². The average molecular weight is 467 g/mol. The van der Waals surface area contributed by atoms with E-state index in [9.17, 15) is 9.59 Å². The molecule has 9 heteroatoms. The first-order valence-corrected chi connectivity index (χ1v) is 11.6. The molecule has 2 aromatic carbocycles. The van der Waals surface area contributed by atoms with E-state index < -0.39 is 0 Å². The number of hydrogen-bond donors (Lipinski definition) is 1. The van der Waals surface area contributed by atoms with E-state index in [1.807, 2.05) is 54.8 Å². The third-order valence-corrected chi connectivity index (χ3v) is 6.12. The number of para-hydroxylation sites is 2. The van der Waals surface area contributed by atoms with Crippen molar-refractivity contribution in [3.05, 3.63) is 58.3 Å². The van der Waals surface area contributed by atoms with Crippen molar-refractivity contribution < 1.29 is 14.3 Å². The lowest BCUT2D eigenvalue weighted by atomic mass is 10.1. The predicted molar refractivity (Wildman–Crippen MR) is 130 cm³/mol. The zero-order valence-electron chi connectivity index (χ0n) is 18.8. The third-order valence-electron chi connectivity index (χ3n) is 5.36. The van der Waals surface area contributed by atoms with Crippen LogP contribution in [0.25, 0.3) is 22.3 Å². The van der Waals surface area contributed by atoms with E-state index in [1.165, 1.54) is 11.3 Å². The van der Waals surface area contributed by atoms with Crippen molar-refractivity contribution in [2.24, 2.45) is 0 Å². The smallest absolute Gasteiger partial charge is 0.329 e. The SMILES string of the molecule is CCCn1c(=O)n(CCC(=O)Nc2nc(-c3ccc(OC)c(OC)c3)cs2)c2ccccc21. The number of nitrogens with one attached hydrogen (secondary N) is 1. The Morgan fingerprint density at radius 3 is 2.39 bits per heavy atom. The summed E-state index contributed by atoms with van der Waals surface area (Å²) in [5.41, 5.74) is 3.24. The van der Waals surface area contributed by atoms with Crippen molar-refractivity contribution in [2.45, 2.75) is 32.9 Å². The largest absolute Gasteiger partial charge is 0.493 e. The topological polar surface area (TPSA) is 87.4 Å². The van der Waals surface area contributed by atoms with Crippen molar-refractivity contribution in [2.75, 3.05) is 19.5 Å². The highest BCUT2D eigenvalue weighted by Crippen LogP contribution is 2.33. The molecule has 8 nitrogen and oxygen atoms in total. The first-order valence-electron chi connectivity index (χ1n) is 10.7. The van der Waals surface area contributed by atoms with Gasteiger partial charge in [-0.15, -0.1) is 11.3 Å². The van der Waals surface area contributed by atoms with E-state index in [1.54, 1.807) is 23.4 Å². The van der Waals surface area contributed by atoms with Gasteiger partial charge in [0.05, 0.1) is 30.9 Å². The second kappa shape index (κ2) is 9.91. The predicted octanol–water partition coefficient (Wildman–Crippen LogP) is 4.38. The highest BCUT2D eigenvalue weighted by Gasteiger charge is 2.15. The zero-order chi connectivity index (χ0) is 23.4. The fraction of sp³-hybridized carbons (Fsp3) is 0.292. The Morgan fingerprint density at radius 1 is 1.03 bits per heavy atom. The maximum atomic E-state index is 12.9. The molecule has 0 fully saturated rings. The number of imidazole rings is 1. The molecule has 0 atom stereocenters. The number of benzene rings is 2. The number of carbonyl (C=O) groups is 1. The summed E-state index contributed by atoms with van der Waals surface area (Å²) < 4.78 is 14.1. The molecule has 172 valence electrons. The standard InChI is InChI=1S/C24H26N4O4S/c1-4-12-27-18-7-5-6-8-19(18)28(24(27)30)13-11-22(29)26-23-25-17(15-33-23)16-9-10-20(31-2)21(14-16)32-3/h5-10,14-15H,4,11-13H2,1-3H3,(H,25,26,29). The summed E-state index contributed by atoms with van der Waals surface area (Å²) in [5.74, 6) is 1.06. The first-order chi connectivity index (χ1) is 16.0. The van der Waals surface area contributed by atoms with Gasteiger partial charge in [0.1, 0.15) is 0 Å². The van der Waals surface area contributed by atoms with Crippen LogP contribution >= 0.6 is 11.3 Å². The highest BCUT2D eigenvalue weighted by molar-refractivity contribution is 7.14. The number of amides is 1.